The number of rotatable bonds is 3. The quantitative estimate of drug-likeness (QED) is 0.778. The molecule has 1 aromatic carbocycles. The summed E-state index contributed by atoms with van der Waals surface area (Å²) in [4.78, 5) is 12.2. The molecule has 0 radical (unpaired) electrons. The third-order valence-electron chi connectivity index (χ3n) is 2.57. The van der Waals surface area contributed by atoms with Crippen LogP contribution in [0.2, 0.25) is 0 Å². The van der Waals surface area contributed by atoms with Crippen LogP contribution in [0.5, 0.6) is 0 Å². The van der Waals surface area contributed by atoms with E-state index in [1.54, 1.807) is 0 Å². The van der Waals surface area contributed by atoms with Crippen molar-refractivity contribution in [1.29, 1.82) is 0 Å². The van der Waals surface area contributed by atoms with E-state index < -0.39 is 11.2 Å². The van der Waals surface area contributed by atoms with E-state index in [0.717, 1.165) is 17.7 Å². The van der Waals surface area contributed by atoms with E-state index in [1.165, 1.54) is 11.8 Å². The topological polar surface area (TPSA) is 40.1 Å². The van der Waals surface area contributed by atoms with Crippen molar-refractivity contribution >= 4 is 28.7 Å². The summed E-state index contributed by atoms with van der Waals surface area (Å²) >= 11 is 0.749. The van der Waals surface area contributed by atoms with Gasteiger partial charge in [-0.15, -0.1) is 11.8 Å². The van der Waals surface area contributed by atoms with E-state index in [-0.39, 0.29) is 16.8 Å². The van der Waals surface area contributed by atoms with E-state index in [1.807, 2.05) is 30.0 Å². The highest BCUT2D eigenvalue weighted by Crippen LogP contribution is 2.40. The lowest BCUT2D eigenvalue weighted by atomic mass is 10.1. The number of carbonyl (C=O) groups excluding carboxylic acids is 1. The van der Waals surface area contributed by atoms with Crippen LogP contribution in [-0.2, 0) is 16.0 Å². The monoisotopic (exact) mass is 254 g/mol. The SMILES string of the molecule is CC(=O)C[S+]([O-])C1CCSc2ccccc21. The highest BCUT2D eigenvalue weighted by atomic mass is 32.2. The van der Waals surface area contributed by atoms with Crippen LogP contribution in [0.4, 0.5) is 0 Å². The predicted molar refractivity (Wildman–Crippen MR) is 68.2 cm³/mol. The van der Waals surface area contributed by atoms with Crippen molar-refractivity contribution in [2.24, 2.45) is 0 Å². The lowest BCUT2D eigenvalue weighted by Gasteiger charge is -2.26. The maximum absolute atomic E-state index is 12.1. The summed E-state index contributed by atoms with van der Waals surface area (Å²) in [6.07, 6.45) is 0.904. The Balaban J connectivity index is 2.21. The maximum atomic E-state index is 12.1. The number of ketones is 1. The van der Waals surface area contributed by atoms with Gasteiger partial charge in [0.25, 0.3) is 0 Å². The third kappa shape index (κ3) is 2.62. The number of thioether (sulfide) groups is 1. The van der Waals surface area contributed by atoms with Crippen molar-refractivity contribution in [3.63, 3.8) is 0 Å². The smallest absolute Gasteiger partial charge is 0.178 e. The number of benzene rings is 1. The molecule has 0 saturated heterocycles. The zero-order valence-corrected chi connectivity index (χ0v) is 10.8. The van der Waals surface area contributed by atoms with Crippen LogP contribution < -0.4 is 0 Å². The molecule has 0 fully saturated rings. The van der Waals surface area contributed by atoms with Crippen molar-refractivity contribution in [2.45, 2.75) is 23.5 Å². The first-order valence-electron chi connectivity index (χ1n) is 5.27. The zero-order valence-electron chi connectivity index (χ0n) is 9.14. The molecule has 0 N–H and O–H groups in total. The summed E-state index contributed by atoms with van der Waals surface area (Å²) in [7, 11) is 0. The molecule has 1 aromatic rings. The second-order valence-corrected chi connectivity index (χ2v) is 6.65. The minimum Gasteiger partial charge on any atom is -0.616 e. The molecule has 0 saturated carbocycles. The summed E-state index contributed by atoms with van der Waals surface area (Å²) in [6.45, 7) is 1.50. The van der Waals surface area contributed by atoms with Crippen LogP contribution in [0.3, 0.4) is 0 Å². The highest BCUT2D eigenvalue weighted by Gasteiger charge is 2.30. The minimum absolute atomic E-state index is 0.00837. The Morgan fingerprint density at radius 1 is 1.56 bits per heavy atom. The van der Waals surface area contributed by atoms with Gasteiger partial charge in [0, 0.05) is 22.6 Å². The number of carbonyl (C=O) groups is 1. The number of hydrogen-bond donors (Lipinski definition) is 0. The highest BCUT2D eigenvalue weighted by molar-refractivity contribution is 7.99. The summed E-state index contributed by atoms with van der Waals surface area (Å²) in [6, 6.07) is 8.08. The van der Waals surface area contributed by atoms with Crippen molar-refractivity contribution in [3.05, 3.63) is 29.8 Å². The lowest BCUT2D eigenvalue weighted by Crippen LogP contribution is -2.23. The van der Waals surface area contributed by atoms with E-state index >= 15 is 0 Å². The molecule has 0 aliphatic carbocycles. The molecule has 86 valence electrons. The molecule has 1 heterocycles. The van der Waals surface area contributed by atoms with Gasteiger partial charge in [-0.05, 0) is 24.2 Å². The maximum Gasteiger partial charge on any atom is 0.178 e. The Hall–Kier alpha value is -0.450. The Bertz CT molecular complexity index is 392. The fraction of sp³-hybridized carbons (Fsp3) is 0.417. The Morgan fingerprint density at radius 2 is 2.31 bits per heavy atom. The first-order valence-corrected chi connectivity index (χ1v) is 7.63. The molecule has 2 unspecified atom stereocenters. The Labute approximate surface area is 103 Å². The number of fused-ring (bicyclic) bond motifs is 1. The molecule has 2 nitrogen and oxygen atoms in total. The first-order chi connectivity index (χ1) is 7.68. The van der Waals surface area contributed by atoms with Crippen LogP contribution >= 0.6 is 11.8 Å². The molecule has 4 heteroatoms. The molecular formula is C12H14O2S2. The second kappa shape index (κ2) is 5.25. The molecule has 2 rings (SSSR count). The van der Waals surface area contributed by atoms with Crippen LogP contribution in [-0.4, -0.2) is 21.8 Å². The summed E-state index contributed by atoms with van der Waals surface area (Å²) in [5, 5.41) is 0.0429. The fourth-order valence-electron chi connectivity index (χ4n) is 1.88. The van der Waals surface area contributed by atoms with Crippen molar-refractivity contribution in [3.8, 4) is 0 Å². The molecule has 2 atom stereocenters. The van der Waals surface area contributed by atoms with Crippen LogP contribution in [0, 0.1) is 0 Å². The van der Waals surface area contributed by atoms with Gasteiger partial charge in [0.05, 0.1) is 0 Å². The molecule has 0 bridgehead atoms. The average Bonchev–Trinajstić information content (AvgIpc) is 2.27. The summed E-state index contributed by atoms with van der Waals surface area (Å²) in [5.74, 6) is 1.18. The van der Waals surface area contributed by atoms with E-state index in [4.69, 9.17) is 0 Å². The van der Waals surface area contributed by atoms with Gasteiger partial charge >= 0.3 is 0 Å². The van der Waals surface area contributed by atoms with Gasteiger partial charge in [0.15, 0.2) is 11.5 Å². The van der Waals surface area contributed by atoms with Crippen LogP contribution in [0.1, 0.15) is 24.2 Å². The van der Waals surface area contributed by atoms with Gasteiger partial charge in [0.2, 0.25) is 0 Å². The Kier molecular flexibility index (Phi) is 3.95. The average molecular weight is 254 g/mol. The van der Waals surface area contributed by atoms with Gasteiger partial charge in [-0.2, -0.15) is 0 Å². The lowest BCUT2D eigenvalue weighted by molar-refractivity contribution is -0.114. The predicted octanol–water partition coefficient (Wildman–Crippen LogP) is 2.56. The number of Topliss-reactive ketones (excluding diaryl/α,β-unsaturated/α-hetero) is 1. The minimum atomic E-state index is -1.06. The van der Waals surface area contributed by atoms with Gasteiger partial charge in [-0.1, -0.05) is 18.2 Å². The Morgan fingerprint density at radius 3 is 3.06 bits per heavy atom. The number of hydrogen-bond acceptors (Lipinski definition) is 3. The van der Waals surface area contributed by atoms with E-state index in [9.17, 15) is 9.35 Å². The van der Waals surface area contributed by atoms with E-state index in [0.29, 0.717) is 0 Å². The zero-order chi connectivity index (χ0) is 11.5. The molecule has 1 aliphatic heterocycles. The van der Waals surface area contributed by atoms with Crippen molar-refractivity contribution in [2.75, 3.05) is 11.5 Å². The van der Waals surface area contributed by atoms with Crippen LogP contribution in [0.15, 0.2) is 29.2 Å². The van der Waals surface area contributed by atoms with E-state index in [2.05, 4.69) is 6.07 Å². The largest absolute Gasteiger partial charge is 0.616 e. The van der Waals surface area contributed by atoms with Crippen molar-refractivity contribution in [1.82, 2.24) is 0 Å². The summed E-state index contributed by atoms with van der Waals surface area (Å²) < 4.78 is 12.1. The molecule has 16 heavy (non-hydrogen) atoms. The standard InChI is InChI=1S/C12H14O2S2/c1-9(13)8-16(14)12-6-7-15-11-5-3-2-4-10(11)12/h2-5,12H,6-8H2,1H3. The third-order valence-corrected chi connectivity index (χ3v) is 5.50. The van der Waals surface area contributed by atoms with Gasteiger partial charge in [-0.3, -0.25) is 4.79 Å². The normalized spacial score (nSPS) is 21.2. The molecule has 0 amide bonds. The summed E-state index contributed by atoms with van der Waals surface area (Å²) in [5.41, 5.74) is 1.15. The molecular weight excluding hydrogens is 240 g/mol. The van der Waals surface area contributed by atoms with Gasteiger partial charge < -0.3 is 4.55 Å². The first kappa shape index (κ1) is 12.0. The van der Waals surface area contributed by atoms with Crippen molar-refractivity contribution < 1.29 is 9.35 Å². The fourth-order valence-corrected chi connectivity index (χ4v) is 4.70. The molecule has 0 spiro atoms. The molecule has 1 aliphatic rings. The molecule has 0 aromatic heterocycles. The van der Waals surface area contributed by atoms with Gasteiger partial charge in [-0.25, -0.2) is 0 Å². The van der Waals surface area contributed by atoms with Crippen LogP contribution in [0.25, 0.3) is 0 Å². The second-order valence-electron chi connectivity index (χ2n) is 3.89. The van der Waals surface area contributed by atoms with Gasteiger partial charge in [0.1, 0.15) is 5.25 Å².